The van der Waals surface area contributed by atoms with E-state index in [2.05, 4.69) is 18.9 Å². The third kappa shape index (κ3) is 2.94. The Morgan fingerprint density at radius 3 is 2.43 bits per heavy atom. The molecule has 4 N–H and O–H groups in total. The van der Waals surface area contributed by atoms with E-state index in [-0.39, 0.29) is 17.9 Å². The average Bonchev–Trinajstić information content (AvgIpc) is 2.75. The van der Waals surface area contributed by atoms with Crippen molar-refractivity contribution in [2.75, 3.05) is 5.73 Å². The maximum Gasteiger partial charge on any atom is 0.239 e. The molecule has 0 aliphatic rings. The second-order valence-corrected chi connectivity index (χ2v) is 5.17. The summed E-state index contributed by atoms with van der Waals surface area (Å²) in [6, 6.07) is 7.74. The van der Waals surface area contributed by atoms with Crippen molar-refractivity contribution in [3.63, 3.8) is 0 Å². The lowest BCUT2D eigenvalue weighted by atomic mass is 10.00. The van der Waals surface area contributed by atoms with Gasteiger partial charge in [0.05, 0.1) is 5.56 Å². The first-order valence-electron chi connectivity index (χ1n) is 6.64. The summed E-state index contributed by atoms with van der Waals surface area (Å²) >= 11 is 0. The van der Waals surface area contributed by atoms with Gasteiger partial charge in [-0.2, -0.15) is 5.10 Å². The Balaban J connectivity index is 2.47. The van der Waals surface area contributed by atoms with Crippen molar-refractivity contribution >= 4 is 18.0 Å². The molecule has 6 heteroatoms. The van der Waals surface area contributed by atoms with Crippen LogP contribution in [0.5, 0.6) is 0 Å². The normalized spacial score (nSPS) is 10.8. The van der Waals surface area contributed by atoms with E-state index in [1.165, 1.54) is 10.2 Å². The molecule has 110 valence electrons. The van der Waals surface area contributed by atoms with Gasteiger partial charge in [0.15, 0.2) is 6.29 Å². The Bertz CT molecular complexity index is 672. The summed E-state index contributed by atoms with van der Waals surface area (Å²) in [6.07, 6.45) is 0.644. The highest BCUT2D eigenvalue weighted by atomic mass is 16.1. The number of aromatic nitrogens is 2. The van der Waals surface area contributed by atoms with E-state index in [0.29, 0.717) is 17.9 Å². The van der Waals surface area contributed by atoms with Crippen molar-refractivity contribution in [3.05, 3.63) is 35.4 Å². The first kappa shape index (κ1) is 14.8. The monoisotopic (exact) mass is 286 g/mol. The lowest BCUT2D eigenvalue weighted by molar-refractivity contribution is -0.118. The fraction of sp³-hybridized carbons (Fsp3) is 0.267. The number of nitrogens with zero attached hydrogens (tertiary/aromatic N) is 2. The minimum atomic E-state index is -0.566. The molecule has 21 heavy (non-hydrogen) atoms. The molecule has 0 atom stereocenters. The summed E-state index contributed by atoms with van der Waals surface area (Å²) < 4.78 is 1.25. The van der Waals surface area contributed by atoms with Crippen molar-refractivity contribution in [1.29, 1.82) is 0 Å². The number of primary amides is 1. The highest BCUT2D eigenvalue weighted by Crippen LogP contribution is 2.27. The van der Waals surface area contributed by atoms with Crippen LogP contribution in [-0.2, 0) is 11.3 Å². The average molecular weight is 286 g/mol. The molecule has 1 aromatic heterocycles. The molecule has 1 amide bonds. The van der Waals surface area contributed by atoms with Crippen LogP contribution in [0, 0.1) is 0 Å². The van der Waals surface area contributed by atoms with Crippen LogP contribution in [0.2, 0.25) is 0 Å². The van der Waals surface area contributed by atoms with E-state index in [1.807, 2.05) is 24.3 Å². The van der Waals surface area contributed by atoms with E-state index in [4.69, 9.17) is 11.5 Å². The Kier molecular flexibility index (Phi) is 4.07. The fourth-order valence-electron chi connectivity index (χ4n) is 2.11. The van der Waals surface area contributed by atoms with Gasteiger partial charge >= 0.3 is 0 Å². The summed E-state index contributed by atoms with van der Waals surface area (Å²) in [6.45, 7) is 4.05. The number of rotatable bonds is 5. The standard InChI is InChI=1S/C15H18N4O2/c1-9(2)10-3-5-11(6-4-10)14-12(8-20)15(17)19(18-14)7-13(16)21/h3-6,8-9H,7,17H2,1-2H3,(H2,16,21). The Morgan fingerprint density at radius 2 is 1.95 bits per heavy atom. The number of hydrogen-bond donors (Lipinski definition) is 2. The molecule has 2 rings (SSSR count). The van der Waals surface area contributed by atoms with Crippen molar-refractivity contribution in [1.82, 2.24) is 9.78 Å². The summed E-state index contributed by atoms with van der Waals surface area (Å²) in [7, 11) is 0. The van der Waals surface area contributed by atoms with Crippen LogP contribution in [0.15, 0.2) is 24.3 Å². The van der Waals surface area contributed by atoms with Crippen LogP contribution in [0.4, 0.5) is 5.82 Å². The number of nitrogens with two attached hydrogens (primary N) is 2. The molecule has 0 spiro atoms. The van der Waals surface area contributed by atoms with Crippen LogP contribution in [0.25, 0.3) is 11.3 Å². The number of anilines is 1. The largest absolute Gasteiger partial charge is 0.383 e. The smallest absolute Gasteiger partial charge is 0.239 e. The number of hydrogen-bond acceptors (Lipinski definition) is 4. The predicted octanol–water partition coefficient (Wildman–Crippen LogP) is 1.55. The zero-order valence-corrected chi connectivity index (χ0v) is 12.0. The first-order valence-corrected chi connectivity index (χ1v) is 6.64. The molecule has 0 radical (unpaired) electrons. The predicted molar refractivity (Wildman–Crippen MR) is 80.7 cm³/mol. The Labute approximate surface area is 122 Å². The van der Waals surface area contributed by atoms with Gasteiger partial charge in [-0.1, -0.05) is 38.1 Å². The summed E-state index contributed by atoms with van der Waals surface area (Å²) in [5.74, 6) is -0.00262. The van der Waals surface area contributed by atoms with Crippen molar-refractivity contribution in [3.8, 4) is 11.3 Å². The third-order valence-corrected chi connectivity index (χ3v) is 3.30. The molecule has 0 unspecified atom stereocenters. The Hall–Kier alpha value is -2.63. The Morgan fingerprint density at radius 1 is 1.33 bits per heavy atom. The lowest BCUT2D eigenvalue weighted by Gasteiger charge is -2.05. The highest BCUT2D eigenvalue weighted by Gasteiger charge is 2.17. The van der Waals surface area contributed by atoms with Crippen LogP contribution >= 0.6 is 0 Å². The van der Waals surface area contributed by atoms with E-state index in [9.17, 15) is 9.59 Å². The number of carbonyl (C=O) groups is 2. The number of nitrogen functional groups attached to an aromatic ring is 1. The third-order valence-electron chi connectivity index (χ3n) is 3.30. The van der Waals surface area contributed by atoms with E-state index in [1.54, 1.807) is 0 Å². The highest BCUT2D eigenvalue weighted by molar-refractivity contribution is 5.92. The lowest BCUT2D eigenvalue weighted by Crippen LogP contribution is -2.20. The molecule has 2 aromatic rings. The molecule has 0 fully saturated rings. The zero-order valence-electron chi connectivity index (χ0n) is 12.0. The van der Waals surface area contributed by atoms with Crippen molar-refractivity contribution < 1.29 is 9.59 Å². The topological polar surface area (TPSA) is 104 Å². The molecule has 1 aromatic carbocycles. The van der Waals surface area contributed by atoms with Gasteiger partial charge in [0, 0.05) is 5.56 Å². The maximum absolute atomic E-state index is 11.2. The second kappa shape index (κ2) is 5.78. The number of amides is 1. The molecular weight excluding hydrogens is 268 g/mol. The molecule has 6 nitrogen and oxygen atoms in total. The van der Waals surface area contributed by atoms with Gasteiger partial charge in [0.25, 0.3) is 0 Å². The minimum absolute atomic E-state index is 0.145. The van der Waals surface area contributed by atoms with Gasteiger partial charge in [-0.05, 0) is 11.5 Å². The van der Waals surface area contributed by atoms with Crippen LogP contribution in [-0.4, -0.2) is 22.0 Å². The fourth-order valence-corrected chi connectivity index (χ4v) is 2.11. The quantitative estimate of drug-likeness (QED) is 0.814. The molecular formula is C15H18N4O2. The molecule has 0 aliphatic carbocycles. The van der Waals surface area contributed by atoms with E-state index < -0.39 is 5.91 Å². The summed E-state index contributed by atoms with van der Waals surface area (Å²) in [5, 5.41) is 4.23. The van der Waals surface area contributed by atoms with Gasteiger partial charge in [-0.3, -0.25) is 9.59 Å². The van der Waals surface area contributed by atoms with E-state index in [0.717, 1.165) is 5.56 Å². The minimum Gasteiger partial charge on any atom is -0.383 e. The molecule has 0 saturated carbocycles. The number of benzene rings is 1. The molecule has 0 aliphatic heterocycles. The SMILES string of the molecule is CC(C)c1ccc(-c2nn(CC(N)=O)c(N)c2C=O)cc1. The molecule has 1 heterocycles. The second-order valence-electron chi connectivity index (χ2n) is 5.17. The van der Waals surface area contributed by atoms with Crippen molar-refractivity contribution in [2.24, 2.45) is 5.73 Å². The van der Waals surface area contributed by atoms with Gasteiger partial charge in [-0.15, -0.1) is 0 Å². The van der Waals surface area contributed by atoms with E-state index >= 15 is 0 Å². The molecule has 0 bridgehead atoms. The summed E-state index contributed by atoms with van der Waals surface area (Å²) in [5.41, 5.74) is 13.7. The first-order chi connectivity index (χ1) is 9.93. The summed E-state index contributed by atoms with van der Waals surface area (Å²) in [4.78, 5) is 22.2. The van der Waals surface area contributed by atoms with Gasteiger partial charge in [-0.25, -0.2) is 4.68 Å². The van der Waals surface area contributed by atoms with Gasteiger partial charge < -0.3 is 11.5 Å². The maximum atomic E-state index is 11.2. The zero-order chi connectivity index (χ0) is 15.6. The molecule has 0 saturated heterocycles. The number of aldehydes is 1. The number of carbonyl (C=O) groups excluding carboxylic acids is 2. The van der Waals surface area contributed by atoms with Gasteiger partial charge in [0.1, 0.15) is 18.1 Å². The van der Waals surface area contributed by atoms with Gasteiger partial charge in [0.2, 0.25) is 5.91 Å². The van der Waals surface area contributed by atoms with Crippen LogP contribution in [0.1, 0.15) is 35.7 Å². The van der Waals surface area contributed by atoms with Crippen LogP contribution < -0.4 is 11.5 Å². The van der Waals surface area contributed by atoms with Crippen molar-refractivity contribution in [2.45, 2.75) is 26.3 Å². The van der Waals surface area contributed by atoms with Crippen LogP contribution in [0.3, 0.4) is 0 Å².